The molecule has 2 heterocycles. The Morgan fingerprint density at radius 1 is 0.882 bits per heavy atom. The highest BCUT2D eigenvalue weighted by molar-refractivity contribution is 6.34. The average Bonchev–Trinajstić information content (AvgIpc) is 3.50. The topological polar surface area (TPSA) is 88.4 Å². The molecule has 0 aliphatic carbocycles. The number of nitrogens with zero attached hydrogens (tertiary/aromatic N) is 5. The zero-order chi connectivity index (χ0) is 23.8. The molecule has 3 amide bonds. The molecule has 0 unspecified atom stereocenters. The molecule has 5 rings (SSSR count). The Morgan fingerprint density at radius 3 is 2.18 bits per heavy atom. The molecule has 168 valence electrons. The van der Waals surface area contributed by atoms with Crippen LogP contribution in [-0.2, 0) is 0 Å². The molecule has 0 saturated carbocycles. The molecule has 1 aliphatic rings. The van der Waals surface area contributed by atoms with E-state index in [0.29, 0.717) is 22.4 Å². The van der Waals surface area contributed by atoms with Gasteiger partial charge in [-0.25, -0.2) is 14.6 Å². The van der Waals surface area contributed by atoms with Gasteiger partial charge in [0.15, 0.2) is 0 Å². The number of anilines is 1. The second kappa shape index (κ2) is 8.40. The van der Waals surface area contributed by atoms with Crippen LogP contribution >= 0.6 is 0 Å². The van der Waals surface area contributed by atoms with E-state index in [-0.39, 0.29) is 23.8 Å². The smallest absolute Gasteiger partial charge is 0.266 e. The molecule has 8 heteroatoms. The highest BCUT2D eigenvalue weighted by Crippen LogP contribution is 2.29. The molecule has 0 saturated heterocycles. The minimum Gasteiger partial charge on any atom is -0.335 e. The SMILES string of the molecule is C[C@@H](c1ccc(-n2cncn2)cc1)N(C)C(=O)c1cccc(N2C(=O)c3ccccc3C2=O)c1. The minimum absolute atomic E-state index is 0.208. The van der Waals surface area contributed by atoms with Gasteiger partial charge in [0.05, 0.1) is 28.5 Å². The number of hydrogen-bond donors (Lipinski definition) is 0. The second-order valence-electron chi connectivity index (χ2n) is 8.07. The van der Waals surface area contributed by atoms with Gasteiger partial charge >= 0.3 is 0 Å². The summed E-state index contributed by atoms with van der Waals surface area (Å²) in [6, 6.07) is 20.8. The van der Waals surface area contributed by atoms with E-state index in [4.69, 9.17) is 0 Å². The second-order valence-corrected chi connectivity index (χ2v) is 8.07. The maximum Gasteiger partial charge on any atom is 0.266 e. The lowest BCUT2D eigenvalue weighted by molar-refractivity contribution is 0.0741. The fourth-order valence-electron chi connectivity index (χ4n) is 4.05. The number of fused-ring (bicyclic) bond motifs is 1. The molecule has 0 bridgehead atoms. The molecular weight excluding hydrogens is 430 g/mol. The first-order valence-electron chi connectivity index (χ1n) is 10.8. The van der Waals surface area contributed by atoms with Gasteiger partial charge in [-0.3, -0.25) is 14.4 Å². The molecule has 1 atom stereocenters. The van der Waals surface area contributed by atoms with Gasteiger partial charge in [0.2, 0.25) is 0 Å². The Morgan fingerprint density at radius 2 is 1.56 bits per heavy atom. The van der Waals surface area contributed by atoms with E-state index in [9.17, 15) is 14.4 Å². The summed E-state index contributed by atoms with van der Waals surface area (Å²) in [6.07, 6.45) is 3.09. The number of rotatable bonds is 5. The van der Waals surface area contributed by atoms with Crippen LogP contribution in [0.3, 0.4) is 0 Å². The van der Waals surface area contributed by atoms with E-state index in [1.165, 1.54) is 6.33 Å². The number of amides is 3. The summed E-state index contributed by atoms with van der Waals surface area (Å²) >= 11 is 0. The zero-order valence-electron chi connectivity index (χ0n) is 18.6. The van der Waals surface area contributed by atoms with Crippen molar-refractivity contribution in [3.63, 3.8) is 0 Å². The molecule has 4 aromatic rings. The van der Waals surface area contributed by atoms with Crippen molar-refractivity contribution in [2.24, 2.45) is 0 Å². The lowest BCUT2D eigenvalue weighted by Crippen LogP contribution is -2.31. The molecule has 34 heavy (non-hydrogen) atoms. The Labute approximate surface area is 196 Å². The van der Waals surface area contributed by atoms with E-state index in [1.54, 1.807) is 71.5 Å². The summed E-state index contributed by atoms with van der Waals surface area (Å²) in [5, 5.41) is 4.12. The Kier molecular flexibility index (Phi) is 5.25. The van der Waals surface area contributed by atoms with Crippen molar-refractivity contribution in [3.05, 3.63) is 108 Å². The number of imide groups is 1. The highest BCUT2D eigenvalue weighted by atomic mass is 16.2. The number of carbonyl (C=O) groups is 3. The summed E-state index contributed by atoms with van der Waals surface area (Å²) in [4.78, 5) is 45.6. The van der Waals surface area contributed by atoms with Crippen LogP contribution in [-0.4, -0.2) is 44.4 Å². The highest BCUT2D eigenvalue weighted by Gasteiger charge is 2.36. The van der Waals surface area contributed by atoms with Gasteiger partial charge in [-0.1, -0.05) is 30.3 Å². The first kappa shape index (κ1) is 21.3. The van der Waals surface area contributed by atoms with E-state index < -0.39 is 0 Å². The molecule has 0 fully saturated rings. The molecule has 8 nitrogen and oxygen atoms in total. The average molecular weight is 451 g/mol. The Bertz CT molecular complexity index is 1360. The molecule has 0 spiro atoms. The van der Waals surface area contributed by atoms with E-state index >= 15 is 0 Å². The van der Waals surface area contributed by atoms with E-state index in [1.807, 2.05) is 31.2 Å². The molecule has 0 N–H and O–H groups in total. The van der Waals surface area contributed by atoms with Crippen LogP contribution in [0.4, 0.5) is 5.69 Å². The molecule has 0 radical (unpaired) electrons. The molecule has 3 aromatic carbocycles. The fourth-order valence-corrected chi connectivity index (χ4v) is 4.05. The monoisotopic (exact) mass is 451 g/mol. The lowest BCUT2D eigenvalue weighted by atomic mass is 10.1. The van der Waals surface area contributed by atoms with Crippen molar-refractivity contribution in [1.29, 1.82) is 0 Å². The van der Waals surface area contributed by atoms with Gasteiger partial charge < -0.3 is 4.90 Å². The van der Waals surface area contributed by atoms with Crippen LogP contribution in [0.5, 0.6) is 0 Å². The Hall–Kier alpha value is -4.59. The third-order valence-corrected chi connectivity index (χ3v) is 6.11. The van der Waals surface area contributed by atoms with E-state index in [2.05, 4.69) is 10.1 Å². The number of carbonyl (C=O) groups excluding carboxylic acids is 3. The summed E-state index contributed by atoms with van der Waals surface area (Å²) < 4.78 is 1.66. The van der Waals surface area contributed by atoms with Gasteiger partial charge in [0, 0.05) is 12.6 Å². The number of benzene rings is 3. The molecule has 1 aliphatic heterocycles. The van der Waals surface area contributed by atoms with Crippen molar-refractivity contribution < 1.29 is 14.4 Å². The fraction of sp³-hybridized carbons (Fsp3) is 0.115. The maximum absolute atomic E-state index is 13.3. The van der Waals surface area contributed by atoms with Crippen molar-refractivity contribution in [2.45, 2.75) is 13.0 Å². The van der Waals surface area contributed by atoms with Gasteiger partial charge in [0.25, 0.3) is 17.7 Å². The Balaban J connectivity index is 1.36. The van der Waals surface area contributed by atoms with Crippen molar-refractivity contribution in [3.8, 4) is 5.69 Å². The van der Waals surface area contributed by atoms with Crippen molar-refractivity contribution in [2.75, 3.05) is 11.9 Å². The summed E-state index contributed by atoms with van der Waals surface area (Å²) in [6.45, 7) is 1.94. The third-order valence-electron chi connectivity index (χ3n) is 6.11. The predicted molar refractivity (Wildman–Crippen MR) is 126 cm³/mol. The van der Waals surface area contributed by atoms with Gasteiger partial charge in [-0.15, -0.1) is 0 Å². The molecule has 1 aromatic heterocycles. The van der Waals surface area contributed by atoms with Crippen LogP contribution in [0.15, 0.2) is 85.5 Å². The van der Waals surface area contributed by atoms with Crippen molar-refractivity contribution >= 4 is 23.4 Å². The van der Waals surface area contributed by atoms with Gasteiger partial charge in [-0.2, -0.15) is 5.10 Å². The predicted octanol–water partition coefficient (Wildman–Crippen LogP) is 3.90. The molecular formula is C26H21N5O3. The lowest BCUT2D eigenvalue weighted by Gasteiger charge is -2.26. The van der Waals surface area contributed by atoms with Crippen LogP contribution in [0.1, 0.15) is 49.6 Å². The summed E-state index contributed by atoms with van der Waals surface area (Å²) in [5.41, 5.74) is 3.32. The quantitative estimate of drug-likeness (QED) is 0.430. The number of aromatic nitrogens is 3. The number of hydrogen-bond acceptors (Lipinski definition) is 5. The first-order chi connectivity index (χ1) is 16.5. The maximum atomic E-state index is 13.3. The first-order valence-corrected chi connectivity index (χ1v) is 10.8. The summed E-state index contributed by atoms with van der Waals surface area (Å²) in [5.74, 6) is -0.995. The minimum atomic E-state index is -0.389. The van der Waals surface area contributed by atoms with Crippen LogP contribution in [0.2, 0.25) is 0 Å². The van der Waals surface area contributed by atoms with Crippen LogP contribution < -0.4 is 4.90 Å². The van der Waals surface area contributed by atoms with Gasteiger partial charge in [-0.05, 0) is 55.0 Å². The third kappa shape index (κ3) is 3.55. The van der Waals surface area contributed by atoms with Crippen molar-refractivity contribution in [1.82, 2.24) is 19.7 Å². The van der Waals surface area contributed by atoms with Gasteiger partial charge in [0.1, 0.15) is 12.7 Å². The standard InChI is InChI=1S/C26H21N5O3/c1-17(18-10-12-20(13-11-18)30-16-27-15-28-30)29(2)24(32)19-6-5-7-21(14-19)31-25(33)22-8-3-4-9-23(22)26(31)34/h3-17H,1-2H3/t17-/m0/s1. The van der Waals surface area contributed by atoms with E-state index in [0.717, 1.165) is 16.2 Å². The van der Waals surface area contributed by atoms with Crippen LogP contribution in [0, 0.1) is 0 Å². The van der Waals surface area contributed by atoms with Crippen LogP contribution in [0.25, 0.3) is 5.69 Å². The normalized spacial score (nSPS) is 13.6. The summed E-state index contributed by atoms with van der Waals surface area (Å²) in [7, 11) is 1.73. The zero-order valence-corrected chi connectivity index (χ0v) is 18.6. The largest absolute Gasteiger partial charge is 0.335 e.